The molecule has 2 rings (SSSR count). The van der Waals surface area contributed by atoms with Crippen molar-refractivity contribution in [3.8, 4) is 0 Å². The molecule has 0 radical (unpaired) electrons. The second kappa shape index (κ2) is 5.59. The summed E-state index contributed by atoms with van der Waals surface area (Å²) in [6.45, 7) is 0.552. The van der Waals surface area contributed by atoms with Crippen LogP contribution in [-0.4, -0.2) is 12.8 Å². The molecule has 0 amide bonds. The summed E-state index contributed by atoms with van der Waals surface area (Å²) in [5, 5.41) is 0. The summed E-state index contributed by atoms with van der Waals surface area (Å²) in [5.41, 5.74) is 3.81. The van der Waals surface area contributed by atoms with E-state index in [1.807, 2.05) is 6.92 Å². The lowest BCUT2D eigenvalue weighted by atomic mass is 9.99. The van der Waals surface area contributed by atoms with Crippen LogP contribution in [0, 0.1) is 0 Å². The van der Waals surface area contributed by atoms with Crippen molar-refractivity contribution in [2.75, 3.05) is 6.61 Å². The molecule has 0 saturated carbocycles. The van der Waals surface area contributed by atoms with Crippen LogP contribution in [0.5, 0.6) is 0 Å². The summed E-state index contributed by atoms with van der Waals surface area (Å²) >= 11 is 1.68. The fraction of sp³-hybridized carbons (Fsp3) is 0.667. The predicted molar refractivity (Wildman–Crippen MR) is 64.5 cm³/mol. The molecule has 1 aromatic rings. The third kappa shape index (κ3) is 3.70. The van der Waals surface area contributed by atoms with Crippen molar-refractivity contribution < 1.29 is 18.0 Å². The minimum Gasteiger partial charge on any atom is -0.292 e. The van der Waals surface area contributed by atoms with Crippen LogP contribution in [0.15, 0.2) is 6.07 Å². The summed E-state index contributed by atoms with van der Waals surface area (Å²) in [7, 11) is 0. The highest BCUT2D eigenvalue weighted by molar-refractivity contribution is 7.12. The molecule has 1 aliphatic rings. The summed E-state index contributed by atoms with van der Waals surface area (Å²) in [6, 6.07) is 1.89. The second-order valence-corrected chi connectivity index (χ2v) is 5.72. The van der Waals surface area contributed by atoms with E-state index >= 15 is 0 Å². The van der Waals surface area contributed by atoms with E-state index in [1.165, 1.54) is 23.3 Å². The normalized spacial score (nSPS) is 17.6. The molecule has 1 aliphatic carbocycles. The van der Waals surface area contributed by atoms with E-state index in [0.717, 1.165) is 17.7 Å². The van der Waals surface area contributed by atoms with E-state index < -0.39 is 12.8 Å². The first-order valence-electron chi connectivity index (χ1n) is 6.01. The van der Waals surface area contributed by atoms with Crippen LogP contribution in [-0.2, 0) is 17.7 Å². The molecule has 102 valence electrons. The third-order valence-corrected chi connectivity index (χ3v) is 4.36. The molecule has 1 unspecified atom stereocenters. The molecule has 1 N–H and O–H groups in total. The minimum atomic E-state index is -4.29. The number of hydroxylamine groups is 1. The van der Waals surface area contributed by atoms with Gasteiger partial charge in [-0.3, -0.25) is 4.84 Å². The Kier molecular flexibility index (Phi) is 4.29. The first-order chi connectivity index (χ1) is 8.46. The standard InChI is InChI=1S/C12H16F3NOS/c1-8(16-17-7-12(13,14)15)11-6-9-4-2-3-5-10(9)18-11/h6,8,16H,2-5,7H2,1H3. The maximum atomic E-state index is 11.9. The van der Waals surface area contributed by atoms with Gasteiger partial charge in [0.15, 0.2) is 6.61 Å². The monoisotopic (exact) mass is 279 g/mol. The Bertz CT molecular complexity index is 379. The third-order valence-electron chi connectivity index (χ3n) is 2.94. The average molecular weight is 279 g/mol. The van der Waals surface area contributed by atoms with Gasteiger partial charge in [-0.25, -0.2) is 0 Å². The number of alkyl halides is 3. The lowest BCUT2D eigenvalue weighted by Gasteiger charge is -2.13. The molecule has 0 aliphatic heterocycles. The molecule has 6 heteroatoms. The lowest BCUT2D eigenvalue weighted by molar-refractivity contribution is -0.192. The number of rotatable bonds is 4. The molecule has 1 atom stereocenters. The van der Waals surface area contributed by atoms with Gasteiger partial charge in [-0.2, -0.15) is 18.7 Å². The van der Waals surface area contributed by atoms with Crippen LogP contribution >= 0.6 is 11.3 Å². The molecule has 0 spiro atoms. The quantitative estimate of drug-likeness (QED) is 0.847. The molecular formula is C12H16F3NOS. The van der Waals surface area contributed by atoms with Crippen molar-refractivity contribution in [1.29, 1.82) is 0 Å². The van der Waals surface area contributed by atoms with E-state index in [2.05, 4.69) is 16.4 Å². The smallest absolute Gasteiger partial charge is 0.292 e. The number of thiophene rings is 1. The van der Waals surface area contributed by atoms with E-state index in [0.29, 0.717) is 0 Å². The van der Waals surface area contributed by atoms with Crippen molar-refractivity contribution in [2.45, 2.75) is 44.8 Å². The van der Waals surface area contributed by atoms with Gasteiger partial charge in [-0.1, -0.05) is 0 Å². The average Bonchev–Trinajstić information content (AvgIpc) is 2.70. The molecule has 0 bridgehead atoms. The van der Waals surface area contributed by atoms with Gasteiger partial charge in [0.1, 0.15) is 0 Å². The molecule has 1 aromatic heterocycles. The molecule has 1 heterocycles. The molecule has 18 heavy (non-hydrogen) atoms. The van der Waals surface area contributed by atoms with Crippen LogP contribution in [0.4, 0.5) is 13.2 Å². The zero-order valence-corrected chi connectivity index (χ0v) is 11.0. The first-order valence-corrected chi connectivity index (χ1v) is 6.83. The topological polar surface area (TPSA) is 21.3 Å². The Morgan fingerprint density at radius 3 is 2.78 bits per heavy atom. The predicted octanol–water partition coefficient (Wildman–Crippen LogP) is 3.77. The number of nitrogens with one attached hydrogen (secondary N) is 1. The molecule has 0 saturated heterocycles. The Labute approximate surface area is 108 Å². The first kappa shape index (κ1) is 13.8. The minimum absolute atomic E-state index is 0.206. The van der Waals surface area contributed by atoms with Crippen molar-refractivity contribution >= 4 is 11.3 Å². The summed E-state index contributed by atoms with van der Waals surface area (Å²) < 4.78 is 35.8. The van der Waals surface area contributed by atoms with Gasteiger partial charge in [0.25, 0.3) is 0 Å². The van der Waals surface area contributed by atoms with Crippen molar-refractivity contribution in [2.24, 2.45) is 0 Å². The van der Waals surface area contributed by atoms with Gasteiger partial charge >= 0.3 is 6.18 Å². The van der Waals surface area contributed by atoms with Crippen LogP contribution < -0.4 is 5.48 Å². The Morgan fingerprint density at radius 2 is 2.11 bits per heavy atom. The van der Waals surface area contributed by atoms with E-state index in [4.69, 9.17) is 0 Å². The van der Waals surface area contributed by atoms with E-state index in [1.54, 1.807) is 11.3 Å². The van der Waals surface area contributed by atoms with E-state index in [9.17, 15) is 13.2 Å². The lowest BCUT2D eigenvalue weighted by Crippen LogP contribution is -2.26. The van der Waals surface area contributed by atoms with Crippen LogP contribution in [0.25, 0.3) is 0 Å². The Morgan fingerprint density at radius 1 is 1.39 bits per heavy atom. The molecule has 0 aromatic carbocycles. The van der Waals surface area contributed by atoms with Crippen molar-refractivity contribution in [3.63, 3.8) is 0 Å². The molecule has 2 nitrogen and oxygen atoms in total. The highest BCUT2D eigenvalue weighted by Crippen LogP contribution is 2.32. The maximum absolute atomic E-state index is 11.9. The number of aryl methyl sites for hydroxylation is 2. The highest BCUT2D eigenvalue weighted by Gasteiger charge is 2.28. The molecular weight excluding hydrogens is 263 g/mol. The van der Waals surface area contributed by atoms with Crippen LogP contribution in [0.2, 0.25) is 0 Å². The number of hydrogen-bond acceptors (Lipinski definition) is 3. The summed E-state index contributed by atoms with van der Waals surface area (Å²) in [5.74, 6) is 0. The maximum Gasteiger partial charge on any atom is 0.413 e. The Hall–Kier alpha value is -0.590. The van der Waals surface area contributed by atoms with Gasteiger partial charge in [0, 0.05) is 9.75 Å². The molecule has 0 fully saturated rings. The number of fused-ring (bicyclic) bond motifs is 1. The zero-order valence-electron chi connectivity index (χ0n) is 10.1. The van der Waals surface area contributed by atoms with Crippen LogP contribution in [0.1, 0.15) is 41.1 Å². The van der Waals surface area contributed by atoms with Crippen LogP contribution in [0.3, 0.4) is 0 Å². The van der Waals surface area contributed by atoms with Crippen molar-refractivity contribution in [1.82, 2.24) is 5.48 Å². The largest absolute Gasteiger partial charge is 0.413 e. The van der Waals surface area contributed by atoms with Crippen molar-refractivity contribution in [3.05, 3.63) is 21.4 Å². The number of hydrogen-bond donors (Lipinski definition) is 1. The summed E-state index contributed by atoms with van der Waals surface area (Å²) in [6.07, 6.45) is 0.300. The SMILES string of the molecule is CC(NOCC(F)(F)F)c1cc2c(s1)CCCC2. The Balaban J connectivity index is 1.89. The van der Waals surface area contributed by atoms with Gasteiger partial charge < -0.3 is 0 Å². The van der Waals surface area contributed by atoms with Gasteiger partial charge in [-0.15, -0.1) is 11.3 Å². The van der Waals surface area contributed by atoms with Gasteiger partial charge in [-0.05, 0) is 44.2 Å². The van der Waals surface area contributed by atoms with E-state index in [-0.39, 0.29) is 6.04 Å². The fourth-order valence-corrected chi connectivity index (χ4v) is 3.28. The van der Waals surface area contributed by atoms with Gasteiger partial charge in [0.05, 0.1) is 6.04 Å². The highest BCUT2D eigenvalue weighted by atomic mass is 32.1. The summed E-state index contributed by atoms with van der Waals surface area (Å²) in [4.78, 5) is 6.90. The fourth-order valence-electron chi connectivity index (χ4n) is 2.03. The second-order valence-electron chi connectivity index (χ2n) is 4.55. The van der Waals surface area contributed by atoms with Gasteiger partial charge in [0.2, 0.25) is 0 Å². The zero-order chi connectivity index (χ0) is 13.2. The number of halogens is 3.